The molecule has 2 rings (SSSR count). The van der Waals surface area contributed by atoms with Crippen LogP contribution in [0.15, 0.2) is 29.2 Å². The van der Waals surface area contributed by atoms with Gasteiger partial charge < -0.3 is 18.9 Å². The number of hydrogen-bond donors (Lipinski definition) is 0. The van der Waals surface area contributed by atoms with Crippen molar-refractivity contribution in [2.24, 2.45) is 0 Å². The molecule has 0 aliphatic carbocycles. The Balaban J connectivity index is 2.43. The number of esters is 1. The molecular formula is C16H22O7S. The van der Waals surface area contributed by atoms with E-state index in [1.807, 2.05) is 6.92 Å². The molecule has 0 radical (unpaired) electrons. The van der Waals surface area contributed by atoms with Gasteiger partial charge in [-0.15, -0.1) is 0 Å². The summed E-state index contributed by atoms with van der Waals surface area (Å²) in [4.78, 5) is 10.1. The molecule has 0 saturated carbocycles. The van der Waals surface area contributed by atoms with Crippen LogP contribution >= 0.6 is 0 Å². The van der Waals surface area contributed by atoms with Crippen LogP contribution in [-0.4, -0.2) is 52.0 Å². The standard InChI is InChI=1S/C16H22O7S/c1-5-21-14(22-6-2)13-16(23-13,15(17)20-4)24(18,19)12-9-7-11(3)8-10-12/h7-10,13-14H,5-6H2,1-4H3. The maximum absolute atomic E-state index is 13.0. The highest BCUT2D eigenvalue weighted by molar-refractivity contribution is 7.93. The normalized spacial score (nSPS) is 23.3. The van der Waals surface area contributed by atoms with Crippen LogP contribution in [0, 0.1) is 6.92 Å². The summed E-state index contributed by atoms with van der Waals surface area (Å²) in [5, 5.41) is 0. The van der Waals surface area contributed by atoms with E-state index < -0.39 is 33.1 Å². The minimum atomic E-state index is -4.14. The van der Waals surface area contributed by atoms with E-state index in [4.69, 9.17) is 18.9 Å². The van der Waals surface area contributed by atoms with Crippen LogP contribution in [-0.2, 0) is 33.6 Å². The van der Waals surface area contributed by atoms with Crippen molar-refractivity contribution in [1.29, 1.82) is 0 Å². The molecule has 0 N–H and O–H groups in total. The largest absolute Gasteiger partial charge is 0.466 e. The lowest BCUT2D eigenvalue weighted by molar-refractivity contribution is -0.150. The van der Waals surface area contributed by atoms with Crippen LogP contribution in [0.25, 0.3) is 0 Å². The first-order valence-corrected chi connectivity index (χ1v) is 9.14. The lowest BCUT2D eigenvalue weighted by Crippen LogP contribution is -2.42. The Labute approximate surface area is 141 Å². The summed E-state index contributed by atoms with van der Waals surface area (Å²) in [7, 11) is -3.03. The monoisotopic (exact) mass is 358 g/mol. The highest BCUT2D eigenvalue weighted by atomic mass is 32.2. The molecule has 8 heteroatoms. The number of rotatable bonds is 8. The zero-order valence-electron chi connectivity index (χ0n) is 14.1. The van der Waals surface area contributed by atoms with Gasteiger partial charge >= 0.3 is 10.9 Å². The summed E-state index contributed by atoms with van der Waals surface area (Å²) < 4.78 is 46.9. The third-order valence-electron chi connectivity index (χ3n) is 3.73. The molecule has 2 atom stereocenters. The predicted molar refractivity (Wildman–Crippen MR) is 85.0 cm³/mol. The molecule has 0 aromatic heterocycles. The van der Waals surface area contributed by atoms with Gasteiger partial charge in [-0.2, -0.15) is 0 Å². The summed E-state index contributed by atoms with van der Waals surface area (Å²) >= 11 is 0. The van der Waals surface area contributed by atoms with Crippen LogP contribution in [0.2, 0.25) is 0 Å². The number of benzene rings is 1. The van der Waals surface area contributed by atoms with Crippen molar-refractivity contribution in [3.05, 3.63) is 29.8 Å². The lowest BCUT2D eigenvalue weighted by atomic mass is 10.2. The number of epoxide rings is 1. The SMILES string of the molecule is CCOC(OCC)C1OC1(C(=O)OC)S(=O)(=O)c1ccc(C)cc1. The van der Waals surface area contributed by atoms with Crippen molar-refractivity contribution in [2.45, 2.75) is 43.0 Å². The Kier molecular flexibility index (Phi) is 5.64. The number of methoxy groups -OCH3 is 1. The van der Waals surface area contributed by atoms with Crippen LogP contribution in [0.5, 0.6) is 0 Å². The molecule has 0 amide bonds. The molecule has 24 heavy (non-hydrogen) atoms. The van der Waals surface area contributed by atoms with E-state index in [-0.39, 0.29) is 18.1 Å². The van der Waals surface area contributed by atoms with E-state index in [2.05, 4.69) is 0 Å². The summed E-state index contributed by atoms with van der Waals surface area (Å²) in [6.07, 6.45) is -2.06. The zero-order valence-corrected chi connectivity index (χ0v) is 15.0. The van der Waals surface area contributed by atoms with E-state index >= 15 is 0 Å². The highest BCUT2D eigenvalue weighted by Gasteiger charge is 2.76. The molecule has 1 saturated heterocycles. The fourth-order valence-electron chi connectivity index (χ4n) is 2.47. The first-order valence-electron chi connectivity index (χ1n) is 7.65. The minimum absolute atomic E-state index is 0.0206. The summed E-state index contributed by atoms with van der Waals surface area (Å²) in [5.41, 5.74) is 0.899. The molecule has 7 nitrogen and oxygen atoms in total. The van der Waals surface area contributed by atoms with Gasteiger partial charge in [-0.1, -0.05) is 17.7 Å². The average Bonchev–Trinajstić information content (AvgIpc) is 3.32. The smallest absolute Gasteiger partial charge is 0.357 e. The van der Waals surface area contributed by atoms with Gasteiger partial charge in [-0.05, 0) is 32.9 Å². The molecule has 0 bridgehead atoms. The number of carbonyl (C=O) groups is 1. The van der Waals surface area contributed by atoms with Gasteiger partial charge in [0.15, 0.2) is 12.4 Å². The topological polar surface area (TPSA) is 91.4 Å². The van der Waals surface area contributed by atoms with Gasteiger partial charge in [-0.25, -0.2) is 13.2 Å². The van der Waals surface area contributed by atoms with Gasteiger partial charge in [0.05, 0.1) is 12.0 Å². The fourth-order valence-corrected chi connectivity index (χ4v) is 4.26. The first-order chi connectivity index (χ1) is 11.3. The van der Waals surface area contributed by atoms with E-state index in [9.17, 15) is 13.2 Å². The summed E-state index contributed by atoms with van der Waals surface area (Å²) in [6.45, 7) is 5.88. The molecule has 1 heterocycles. The number of sulfone groups is 1. The van der Waals surface area contributed by atoms with E-state index in [0.717, 1.165) is 12.7 Å². The molecule has 1 aromatic rings. The number of hydrogen-bond acceptors (Lipinski definition) is 7. The zero-order chi connectivity index (χ0) is 18.0. The summed E-state index contributed by atoms with van der Waals surface area (Å²) in [5.74, 6) is -0.988. The van der Waals surface area contributed by atoms with Gasteiger partial charge in [0, 0.05) is 13.2 Å². The Bertz CT molecular complexity index is 677. The van der Waals surface area contributed by atoms with Crippen molar-refractivity contribution >= 4 is 15.8 Å². The first kappa shape index (κ1) is 18.9. The van der Waals surface area contributed by atoms with Crippen LogP contribution in [0.3, 0.4) is 0 Å². The van der Waals surface area contributed by atoms with Crippen molar-refractivity contribution < 1.29 is 32.2 Å². The molecule has 1 aliphatic rings. The van der Waals surface area contributed by atoms with E-state index in [0.29, 0.717) is 0 Å². The second-order valence-electron chi connectivity index (χ2n) is 5.29. The van der Waals surface area contributed by atoms with Crippen molar-refractivity contribution in [2.75, 3.05) is 20.3 Å². The summed E-state index contributed by atoms with van der Waals surface area (Å²) in [6, 6.07) is 6.17. The van der Waals surface area contributed by atoms with Crippen LogP contribution in [0.1, 0.15) is 19.4 Å². The quantitative estimate of drug-likeness (QED) is 0.394. The number of aryl methyl sites for hydroxylation is 1. The molecule has 2 unspecified atom stereocenters. The molecule has 0 spiro atoms. The third kappa shape index (κ3) is 3.06. The minimum Gasteiger partial charge on any atom is -0.466 e. The number of carbonyl (C=O) groups excluding carboxylic acids is 1. The van der Waals surface area contributed by atoms with Gasteiger partial charge in [-0.3, -0.25) is 0 Å². The molecule has 1 aromatic carbocycles. The molecular weight excluding hydrogens is 336 g/mol. The molecule has 134 valence electrons. The van der Waals surface area contributed by atoms with Gasteiger partial charge in [0.1, 0.15) is 0 Å². The molecule has 1 fully saturated rings. The second-order valence-corrected chi connectivity index (χ2v) is 7.38. The molecule has 1 aliphatic heterocycles. The van der Waals surface area contributed by atoms with Crippen molar-refractivity contribution in [1.82, 2.24) is 0 Å². The van der Waals surface area contributed by atoms with Crippen molar-refractivity contribution in [3.63, 3.8) is 0 Å². The maximum Gasteiger partial charge on any atom is 0.357 e. The fraction of sp³-hybridized carbons (Fsp3) is 0.562. The van der Waals surface area contributed by atoms with Crippen LogP contribution in [0.4, 0.5) is 0 Å². The Morgan fingerprint density at radius 2 is 1.75 bits per heavy atom. The maximum atomic E-state index is 13.0. The lowest BCUT2D eigenvalue weighted by Gasteiger charge is -2.17. The van der Waals surface area contributed by atoms with E-state index in [1.165, 1.54) is 12.1 Å². The van der Waals surface area contributed by atoms with Crippen LogP contribution < -0.4 is 0 Å². The third-order valence-corrected chi connectivity index (χ3v) is 5.92. The highest BCUT2D eigenvalue weighted by Crippen LogP contribution is 2.48. The second kappa shape index (κ2) is 7.18. The van der Waals surface area contributed by atoms with Crippen molar-refractivity contribution in [3.8, 4) is 0 Å². The van der Waals surface area contributed by atoms with E-state index in [1.54, 1.807) is 26.0 Å². The van der Waals surface area contributed by atoms with Gasteiger partial charge in [0.25, 0.3) is 0 Å². The number of ether oxygens (including phenoxy) is 4. The average molecular weight is 358 g/mol. The Morgan fingerprint density at radius 3 is 2.21 bits per heavy atom. The Morgan fingerprint density at radius 1 is 1.21 bits per heavy atom. The Hall–Kier alpha value is -1.48. The van der Waals surface area contributed by atoms with Gasteiger partial charge in [0.2, 0.25) is 9.84 Å². The predicted octanol–water partition coefficient (Wildman–Crippen LogP) is 1.44.